The molecule has 2 heterocycles. The van der Waals surface area contributed by atoms with Crippen LogP contribution in [0.25, 0.3) is 0 Å². The van der Waals surface area contributed by atoms with Gasteiger partial charge in [0.25, 0.3) is 0 Å². The lowest BCUT2D eigenvalue weighted by Gasteiger charge is -2.24. The van der Waals surface area contributed by atoms with E-state index in [0.717, 1.165) is 6.42 Å². The van der Waals surface area contributed by atoms with Gasteiger partial charge in [-0.15, -0.1) is 5.10 Å². The molecule has 112 valence electrons. The number of aliphatic hydroxyl groups is 1. The van der Waals surface area contributed by atoms with Crippen molar-refractivity contribution >= 4 is 6.09 Å². The summed E-state index contributed by atoms with van der Waals surface area (Å²) in [4.78, 5) is 13.7. The highest BCUT2D eigenvalue weighted by Crippen LogP contribution is 2.20. The van der Waals surface area contributed by atoms with E-state index in [4.69, 9.17) is 9.84 Å². The maximum atomic E-state index is 11.9. The largest absolute Gasteiger partial charge is 0.444 e. The average molecular weight is 282 g/mol. The Bertz CT molecular complexity index is 466. The number of ether oxygens (including phenoxy) is 1. The highest BCUT2D eigenvalue weighted by atomic mass is 16.6. The van der Waals surface area contributed by atoms with Crippen LogP contribution in [0.5, 0.6) is 0 Å². The van der Waals surface area contributed by atoms with Gasteiger partial charge >= 0.3 is 6.09 Å². The third kappa shape index (κ3) is 3.93. The summed E-state index contributed by atoms with van der Waals surface area (Å²) in [5, 5.41) is 16.7. The van der Waals surface area contributed by atoms with Crippen LogP contribution in [0.4, 0.5) is 4.79 Å². The predicted octanol–water partition coefficient (Wildman–Crippen LogP) is 1.03. The molecule has 0 saturated carbocycles. The molecule has 0 radical (unpaired) electrons. The molecule has 1 saturated heterocycles. The monoisotopic (exact) mass is 282 g/mol. The lowest BCUT2D eigenvalue weighted by Crippen LogP contribution is -2.35. The van der Waals surface area contributed by atoms with Gasteiger partial charge in [0.2, 0.25) is 0 Å². The van der Waals surface area contributed by atoms with Crippen molar-refractivity contribution < 1.29 is 14.6 Å². The van der Waals surface area contributed by atoms with E-state index in [2.05, 4.69) is 10.3 Å². The summed E-state index contributed by atoms with van der Waals surface area (Å²) in [6.45, 7) is 7.57. The summed E-state index contributed by atoms with van der Waals surface area (Å²) in [6, 6.07) is 0. The molecule has 0 unspecified atom stereocenters. The van der Waals surface area contributed by atoms with Crippen molar-refractivity contribution in [3.05, 3.63) is 11.9 Å². The number of carbonyl (C=O) groups excluding carboxylic acids is 1. The number of hydrogen-bond donors (Lipinski definition) is 1. The van der Waals surface area contributed by atoms with Crippen LogP contribution in [0, 0.1) is 5.92 Å². The SMILES string of the molecule is CC(C)(C)OC(=O)N1CC[C@H](Cn2cc(CO)nn2)C1. The molecule has 1 N–H and O–H groups in total. The summed E-state index contributed by atoms with van der Waals surface area (Å²) < 4.78 is 7.08. The van der Waals surface area contributed by atoms with Crippen LogP contribution < -0.4 is 0 Å². The molecule has 0 spiro atoms. The summed E-state index contributed by atoms with van der Waals surface area (Å²) in [5.74, 6) is 0.343. The van der Waals surface area contributed by atoms with Crippen LogP contribution in [0.2, 0.25) is 0 Å². The predicted molar refractivity (Wildman–Crippen MR) is 71.9 cm³/mol. The van der Waals surface area contributed by atoms with Gasteiger partial charge in [0, 0.05) is 19.6 Å². The van der Waals surface area contributed by atoms with E-state index in [-0.39, 0.29) is 12.7 Å². The van der Waals surface area contributed by atoms with Gasteiger partial charge < -0.3 is 14.7 Å². The summed E-state index contributed by atoms with van der Waals surface area (Å²) in [7, 11) is 0. The van der Waals surface area contributed by atoms with Gasteiger partial charge in [0.15, 0.2) is 0 Å². The first-order valence-corrected chi connectivity index (χ1v) is 6.85. The zero-order chi connectivity index (χ0) is 14.8. The Balaban J connectivity index is 1.84. The number of nitrogens with zero attached hydrogens (tertiary/aromatic N) is 4. The molecule has 0 bridgehead atoms. The topological polar surface area (TPSA) is 80.5 Å². The van der Waals surface area contributed by atoms with E-state index >= 15 is 0 Å². The highest BCUT2D eigenvalue weighted by molar-refractivity contribution is 5.68. The molecular weight excluding hydrogens is 260 g/mol. The molecule has 20 heavy (non-hydrogen) atoms. The second kappa shape index (κ2) is 5.78. The summed E-state index contributed by atoms with van der Waals surface area (Å²) in [5.41, 5.74) is 0.101. The minimum Gasteiger partial charge on any atom is -0.444 e. The fourth-order valence-corrected chi connectivity index (χ4v) is 2.24. The molecule has 1 fully saturated rings. The van der Waals surface area contributed by atoms with Crippen molar-refractivity contribution in [3.8, 4) is 0 Å². The molecule has 1 atom stereocenters. The molecule has 1 aromatic rings. The fourth-order valence-electron chi connectivity index (χ4n) is 2.24. The Kier molecular flexibility index (Phi) is 4.27. The van der Waals surface area contributed by atoms with Gasteiger partial charge in [0.1, 0.15) is 11.3 Å². The molecular formula is C13H22N4O3. The molecule has 0 aromatic carbocycles. The number of aliphatic hydroxyl groups excluding tert-OH is 1. The summed E-state index contributed by atoms with van der Waals surface area (Å²) >= 11 is 0. The minimum atomic E-state index is -0.461. The van der Waals surface area contributed by atoms with Crippen molar-refractivity contribution in [2.24, 2.45) is 5.92 Å². The molecule has 7 heteroatoms. The third-order valence-corrected chi connectivity index (χ3v) is 3.13. The van der Waals surface area contributed by atoms with Crippen molar-refractivity contribution in [3.63, 3.8) is 0 Å². The average Bonchev–Trinajstić information content (AvgIpc) is 2.96. The zero-order valence-electron chi connectivity index (χ0n) is 12.2. The maximum absolute atomic E-state index is 11.9. The molecule has 1 aliphatic heterocycles. The smallest absolute Gasteiger partial charge is 0.410 e. The number of hydrogen-bond acceptors (Lipinski definition) is 5. The fraction of sp³-hybridized carbons (Fsp3) is 0.769. The lowest BCUT2D eigenvalue weighted by atomic mass is 10.1. The molecule has 0 aliphatic carbocycles. The molecule has 1 aromatic heterocycles. The molecule has 1 aliphatic rings. The second-order valence-electron chi connectivity index (χ2n) is 6.17. The molecule has 2 rings (SSSR count). The molecule has 7 nitrogen and oxygen atoms in total. The van der Waals surface area contributed by atoms with Crippen molar-refractivity contribution in [1.82, 2.24) is 19.9 Å². The normalized spacial score (nSPS) is 19.4. The van der Waals surface area contributed by atoms with Crippen molar-refractivity contribution in [2.75, 3.05) is 13.1 Å². The number of amides is 1. The second-order valence-corrected chi connectivity index (χ2v) is 6.17. The third-order valence-electron chi connectivity index (χ3n) is 3.13. The maximum Gasteiger partial charge on any atom is 0.410 e. The van der Waals surface area contributed by atoms with Gasteiger partial charge in [0.05, 0.1) is 12.8 Å². The van der Waals surface area contributed by atoms with Gasteiger partial charge in [-0.1, -0.05) is 5.21 Å². The van der Waals surface area contributed by atoms with Crippen molar-refractivity contribution in [2.45, 2.75) is 45.9 Å². The zero-order valence-corrected chi connectivity index (χ0v) is 12.2. The van der Waals surface area contributed by atoms with Crippen molar-refractivity contribution in [1.29, 1.82) is 0 Å². The van der Waals surface area contributed by atoms with Gasteiger partial charge in [-0.05, 0) is 33.1 Å². The first-order chi connectivity index (χ1) is 9.37. The van der Waals surface area contributed by atoms with E-state index in [9.17, 15) is 4.79 Å². The van der Waals surface area contributed by atoms with Gasteiger partial charge in [-0.3, -0.25) is 4.68 Å². The van der Waals surface area contributed by atoms with Crippen LogP contribution in [0.3, 0.4) is 0 Å². The Hall–Kier alpha value is -1.63. The van der Waals surface area contributed by atoms with Crippen LogP contribution in [0.15, 0.2) is 6.20 Å². The minimum absolute atomic E-state index is 0.102. The van der Waals surface area contributed by atoms with Gasteiger partial charge in [-0.2, -0.15) is 0 Å². The van der Waals surface area contributed by atoms with E-state index in [1.807, 2.05) is 20.8 Å². The first-order valence-electron chi connectivity index (χ1n) is 6.85. The molecule has 1 amide bonds. The number of likely N-dealkylation sites (tertiary alicyclic amines) is 1. The van der Waals surface area contributed by atoms with E-state index in [1.165, 1.54) is 0 Å². The Morgan fingerprint density at radius 3 is 2.90 bits per heavy atom. The van der Waals surface area contributed by atoms with Crippen LogP contribution in [0.1, 0.15) is 32.9 Å². The first kappa shape index (κ1) is 14.8. The number of aromatic nitrogens is 3. The van der Waals surface area contributed by atoms with Gasteiger partial charge in [-0.25, -0.2) is 4.79 Å². The van der Waals surface area contributed by atoms with E-state index in [0.29, 0.717) is 31.2 Å². The summed E-state index contributed by atoms with van der Waals surface area (Å²) in [6.07, 6.45) is 2.40. The highest BCUT2D eigenvalue weighted by Gasteiger charge is 2.30. The number of carbonyl (C=O) groups is 1. The lowest BCUT2D eigenvalue weighted by molar-refractivity contribution is 0.0286. The Morgan fingerprint density at radius 1 is 1.55 bits per heavy atom. The van der Waals surface area contributed by atoms with E-state index < -0.39 is 5.60 Å². The number of rotatable bonds is 3. The Labute approximate surface area is 118 Å². The van der Waals surface area contributed by atoms with Crippen LogP contribution in [-0.4, -0.2) is 49.8 Å². The Morgan fingerprint density at radius 2 is 2.30 bits per heavy atom. The van der Waals surface area contributed by atoms with E-state index in [1.54, 1.807) is 15.8 Å². The quantitative estimate of drug-likeness (QED) is 0.895. The standard InChI is InChI=1S/C13H22N4O3/c1-13(2,3)20-12(19)16-5-4-10(6-16)7-17-8-11(9-18)14-15-17/h8,10,18H,4-7,9H2,1-3H3/t10-/m0/s1. The van der Waals surface area contributed by atoms with Crippen LogP contribution >= 0.6 is 0 Å². The van der Waals surface area contributed by atoms with Crippen LogP contribution in [-0.2, 0) is 17.9 Å².